The lowest BCUT2D eigenvalue weighted by atomic mass is 9.93. The van der Waals surface area contributed by atoms with Crippen molar-refractivity contribution in [3.63, 3.8) is 0 Å². The smallest absolute Gasteiger partial charge is 0.490 e. The summed E-state index contributed by atoms with van der Waals surface area (Å²) in [5, 5.41) is 35.6. The number of carbonyl (C=O) groups excluding carboxylic acids is 1. The van der Waals surface area contributed by atoms with E-state index in [2.05, 4.69) is 53.8 Å². The lowest BCUT2D eigenvalue weighted by Crippen LogP contribution is -2.45. The fraction of sp³-hybridized carbons (Fsp3) is 0.556. The summed E-state index contributed by atoms with van der Waals surface area (Å²) in [6, 6.07) is 0. The molecule has 5 unspecified atom stereocenters. The first kappa shape index (κ1) is 59.0. The Balaban J connectivity index is 0.876. The van der Waals surface area contributed by atoms with E-state index >= 15 is 0 Å². The number of aromatic nitrogens is 12. The number of H-pyrrole nitrogens is 2. The van der Waals surface area contributed by atoms with Crippen LogP contribution in [0.2, 0.25) is 0 Å². The van der Waals surface area contributed by atoms with Gasteiger partial charge in [-0.15, -0.1) is 0 Å². The third-order valence-corrected chi connectivity index (χ3v) is 17.9. The Morgan fingerprint density at radius 3 is 2.06 bits per heavy atom. The highest BCUT2D eigenvalue weighted by molar-refractivity contribution is 7.66. The molecule has 9 heterocycles. The number of hydrogen-bond acceptors (Lipinski definition) is 30. The van der Waals surface area contributed by atoms with Gasteiger partial charge in [-0.2, -0.15) is 13.6 Å². The number of nitrogen functional groups attached to an aromatic ring is 3. The number of methoxy groups -OCH3 is 1. The number of aryl methyl sites for hydroxylation is 1. The number of aromatic amines is 2. The van der Waals surface area contributed by atoms with Crippen molar-refractivity contribution in [2.75, 3.05) is 51.2 Å². The summed E-state index contributed by atoms with van der Waals surface area (Å²) in [5.74, 6) is -2.29. The molecule has 3 aliphatic heterocycles. The number of ether oxygens (including phenoxy) is 4. The van der Waals surface area contributed by atoms with Crippen molar-refractivity contribution in [2.45, 2.75) is 80.4 Å². The highest BCUT2D eigenvalue weighted by Crippen LogP contribution is 2.68. The summed E-state index contributed by atoms with van der Waals surface area (Å²) in [5.41, 5.74) is 15.6. The Hall–Kier alpha value is -5.64. The lowest BCUT2D eigenvalue weighted by molar-refractivity contribution is -0.745. The normalized spacial score (nSPS) is 29.2. The molecule has 0 saturated carbocycles. The highest BCUT2D eigenvalue weighted by atomic mass is 31.3. The van der Waals surface area contributed by atoms with Gasteiger partial charge in [-0.3, -0.25) is 51.7 Å². The minimum atomic E-state index is -6.23. The molecule has 40 nitrogen and oxygen atoms in total. The molecule has 0 spiro atoms. The zero-order chi connectivity index (χ0) is 58.0. The fourth-order valence-electron chi connectivity index (χ4n) is 9.15. The molecule has 3 aliphatic rings. The van der Waals surface area contributed by atoms with E-state index < -0.39 is 142 Å². The lowest BCUT2D eigenvalue weighted by Gasteiger charge is -2.31. The Morgan fingerprint density at radius 1 is 0.775 bits per heavy atom. The average Bonchev–Trinajstić information content (AvgIpc) is 4.23. The van der Waals surface area contributed by atoms with Gasteiger partial charge in [0.1, 0.15) is 54.6 Å². The number of phosphoric acid groups is 4. The van der Waals surface area contributed by atoms with Crippen LogP contribution >= 0.6 is 31.3 Å². The van der Waals surface area contributed by atoms with E-state index in [-0.39, 0.29) is 64.0 Å². The summed E-state index contributed by atoms with van der Waals surface area (Å²) < 4.78 is 110. The third-order valence-electron chi connectivity index (χ3n) is 12.7. The van der Waals surface area contributed by atoms with Gasteiger partial charge in [0.15, 0.2) is 41.4 Å². The Labute approximate surface area is 445 Å². The summed E-state index contributed by atoms with van der Waals surface area (Å²) in [6.07, 6.45) is -13.9. The number of phosphoric ester groups is 3. The number of hydrogen-bond donors (Lipinski definition) is 12. The number of aliphatic hydroxyl groups excluding tert-OH is 3. The van der Waals surface area contributed by atoms with Crippen LogP contribution in [0.25, 0.3) is 33.5 Å². The predicted molar refractivity (Wildman–Crippen MR) is 258 cm³/mol. The topological polar surface area (TPSA) is 574 Å². The number of imidazole rings is 3. The largest absolute Gasteiger partial charge is 0.756 e. The molecule has 16 atom stereocenters. The van der Waals surface area contributed by atoms with Crippen LogP contribution in [0.1, 0.15) is 31.5 Å². The number of carbonyl (C=O) groups is 1. The van der Waals surface area contributed by atoms with Crippen molar-refractivity contribution < 1.29 is 108 Å². The van der Waals surface area contributed by atoms with Crippen molar-refractivity contribution in [1.29, 1.82) is 0 Å². The first-order valence-corrected chi connectivity index (χ1v) is 29.0. The molecular weight excluding hydrogens is 1160 g/mol. The first-order valence-electron chi connectivity index (χ1n) is 23.1. The minimum absolute atomic E-state index is 0.00338. The fourth-order valence-corrected chi connectivity index (χ4v) is 13.6. The van der Waals surface area contributed by atoms with Gasteiger partial charge in [-0.25, -0.2) is 38.2 Å². The molecule has 3 saturated heterocycles. The zero-order valence-electron chi connectivity index (χ0n) is 41.3. The molecule has 0 radical (unpaired) electrons. The van der Waals surface area contributed by atoms with E-state index in [1.807, 2.05) is 0 Å². The molecule has 80 heavy (non-hydrogen) atoms. The molecule has 15 N–H and O–H groups in total. The van der Waals surface area contributed by atoms with Crippen molar-refractivity contribution in [2.24, 2.45) is 13.0 Å². The quantitative estimate of drug-likeness (QED) is 0.0225. The SMILES string of the molecule is CNC(=O)CC[C@@H]1[C@@H](COP(=O)(O)OP(=O)(O)OP(=O)(O)OC[C@H]2O[C@@H](n3cnc4c(N)ncnc43)[C@H](OC)[C@@H]2OP(=O)([O-])OC[C@H]2O[C@@H](n3cnc4c(=O)[nH]c(N)nc43)[C@H](O)[C@@H]2O)OC([n+]2cn(C)c3c(=O)[nH]c(N)nc32)[C@@H]1O. The molecule has 0 aliphatic carbocycles. The molecule has 3 fully saturated rings. The van der Waals surface area contributed by atoms with Crippen LogP contribution in [-0.4, -0.2) is 172 Å². The van der Waals surface area contributed by atoms with Crippen molar-refractivity contribution in [3.8, 4) is 0 Å². The Kier molecular flexibility index (Phi) is 16.7. The van der Waals surface area contributed by atoms with Gasteiger partial charge in [-0.1, -0.05) is 4.98 Å². The molecule has 6 aromatic rings. The molecule has 438 valence electrons. The van der Waals surface area contributed by atoms with E-state index in [4.69, 9.17) is 54.2 Å². The van der Waals surface area contributed by atoms with Gasteiger partial charge in [0.2, 0.25) is 23.6 Å². The summed E-state index contributed by atoms with van der Waals surface area (Å²) in [7, 11) is -19.9. The Morgan fingerprint density at radius 2 is 1.39 bits per heavy atom. The number of nitrogens with zero attached hydrogens (tertiary/aromatic N) is 10. The van der Waals surface area contributed by atoms with Crippen LogP contribution in [0, 0.1) is 5.92 Å². The van der Waals surface area contributed by atoms with E-state index in [9.17, 15) is 67.5 Å². The number of nitrogens with one attached hydrogen (secondary N) is 3. The van der Waals surface area contributed by atoms with Crippen LogP contribution in [0.4, 0.5) is 17.7 Å². The second-order valence-corrected chi connectivity index (χ2v) is 23.8. The number of nitrogens with two attached hydrogens (primary N) is 3. The predicted octanol–water partition coefficient (Wildman–Crippen LogP) is -4.56. The second-order valence-electron chi connectivity index (χ2n) is 17.8. The van der Waals surface area contributed by atoms with Gasteiger partial charge in [0.25, 0.3) is 24.9 Å². The van der Waals surface area contributed by atoms with E-state index in [0.29, 0.717) is 0 Å². The van der Waals surface area contributed by atoms with E-state index in [1.54, 1.807) is 0 Å². The molecule has 9 rings (SSSR count). The average molecular weight is 1210 g/mol. The zero-order valence-corrected chi connectivity index (χ0v) is 44.9. The van der Waals surface area contributed by atoms with Crippen LogP contribution in [0.5, 0.6) is 0 Å². The van der Waals surface area contributed by atoms with Gasteiger partial charge in [0, 0.05) is 26.5 Å². The monoisotopic (exact) mass is 1210 g/mol. The van der Waals surface area contributed by atoms with Crippen molar-refractivity contribution >= 4 is 88.4 Å². The second kappa shape index (κ2) is 22.6. The number of rotatable bonds is 22. The molecule has 6 aromatic heterocycles. The maximum absolute atomic E-state index is 13.6. The summed E-state index contributed by atoms with van der Waals surface area (Å²) >= 11 is 0. The molecule has 0 bridgehead atoms. The van der Waals surface area contributed by atoms with E-state index in [1.165, 1.54) is 34.1 Å². The van der Waals surface area contributed by atoms with Crippen LogP contribution in [0.15, 0.2) is 34.9 Å². The number of anilines is 3. The van der Waals surface area contributed by atoms with Gasteiger partial charge in [0.05, 0.1) is 45.6 Å². The van der Waals surface area contributed by atoms with E-state index in [0.717, 1.165) is 30.7 Å². The molecule has 44 heteroatoms. The third kappa shape index (κ3) is 12.1. The van der Waals surface area contributed by atoms with Crippen molar-refractivity contribution in [3.05, 3.63) is 46.0 Å². The van der Waals surface area contributed by atoms with Gasteiger partial charge in [-0.05, 0) is 6.42 Å². The molecule has 1 amide bonds. The van der Waals surface area contributed by atoms with Gasteiger partial charge >= 0.3 is 29.1 Å². The number of fused-ring (bicyclic) bond motifs is 3. The maximum Gasteiger partial charge on any atom is 0.490 e. The maximum atomic E-state index is 13.6. The number of aliphatic hydroxyl groups is 3. The molecular formula is C36H50N16O24P4. The minimum Gasteiger partial charge on any atom is -0.756 e. The number of amides is 1. The first-order chi connectivity index (χ1) is 37.6. The molecule has 0 aromatic carbocycles. The van der Waals surface area contributed by atoms with Crippen LogP contribution < -0.4 is 43.1 Å². The summed E-state index contributed by atoms with van der Waals surface area (Å²) in [4.78, 5) is 111. The van der Waals surface area contributed by atoms with Crippen LogP contribution in [-0.2, 0) is 75.8 Å². The Bertz CT molecular complexity index is 3640. The standard InChI is InChI=1S/C36H50N16O24P4/c1-40-17(53)5-4-13-14(71-32(21(13)54)52-12-49(2)20-29(52)46-36(39)48-31(20)58)6-69-78(61,62)75-80(65,66)76-79(63,64)70-8-16-24(25(67-3)34(73-16)50-10-43-18-26(37)41-9-42-27(18)50)74-77(59,60)68-7-15-22(55)23(56)33(72-15)51-11-44-19-28(51)45-35(38)47-30(19)57/h9-16,21-25,32-34,54-56H,4-8H2,1-3H3,(H12-,37,38,39,40,41,42,45,46,47,48,53,57,58,59,60,61,62,63,64,65,66)/t13-,14-,15-,16-,21-,22-,23-,24-,25-,32?,33-,34-/m1/s1. The summed E-state index contributed by atoms with van der Waals surface area (Å²) in [6.45, 7) is -3.36. The van der Waals surface area contributed by atoms with Crippen LogP contribution in [0.3, 0.4) is 0 Å². The van der Waals surface area contributed by atoms with Crippen molar-refractivity contribution in [1.82, 2.24) is 58.9 Å². The van der Waals surface area contributed by atoms with Gasteiger partial charge < -0.3 is 85.4 Å². The highest BCUT2D eigenvalue weighted by Gasteiger charge is 2.53.